The Morgan fingerprint density at radius 2 is 1.95 bits per heavy atom. The van der Waals surface area contributed by atoms with Crippen molar-refractivity contribution in [3.8, 4) is 5.75 Å². The summed E-state index contributed by atoms with van der Waals surface area (Å²) in [5.41, 5.74) is -0.195. The van der Waals surface area contributed by atoms with E-state index in [0.717, 1.165) is 0 Å². The fourth-order valence-electron chi connectivity index (χ4n) is 1.48. The van der Waals surface area contributed by atoms with Gasteiger partial charge in [-0.1, -0.05) is 13.8 Å². The molecule has 110 valence electrons. The van der Waals surface area contributed by atoms with Gasteiger partial charge in [0.25, 0.3) is 0 Å². The van der Waals surface area contributed by atoms with Crippen LogP contribution in [0.2, 0.25) is 0 Å². The Morgan fingerprint density at radius 1 is 1.35 bits per heavy atom. The van der Waals surface area contributed by atoms with Gasteiger partial charge in [0, 0.05) is 5.46 Å². The molecule has 0 heterocycles. The molecule has 0 aliphatic rings. The van der Waals surface area contributed by atoms with Gasteiger partial charge in [0.2, 0.25) is 0 Å². The van der Waals surface area contributed by atoms with Crippen molar-refractivity contribution in [3.05, 3.63) is 23.8 Å². The van der Waals surface area contributed by atoms with Crippen LogP contribution in [-0.2, 0) is 9.39 Å². The van der Waals surface area contributed by atoms with Crippen LogP contribution in [0.3, 0.4) is 0 Å². The highest BCUT2D eigenvalue weighted by molar-refractivity contribution is 6.61. The summed E-state index contributed by atoms with van der Waals surface area (Å²) in [5.74, 6) is -0.505. The molecule has 2 N–H and O–H groups in total. The van der Waals surface area contributed by atoms with Crippen LogP contribution in [0.4, 0.5) is 0 Å². The molecule has 0 radical (unpaired) electrons. The Morgan fingerprint density at radius 3 is 2.45 bits per heavy atom. The number of phenolic OH excluding ortho intramolecular Hbond substituents is 1. The summed E-state index contributed by atoms with van der Waals surface area (Å²) in [6, 6.07) is 4.11. The predicted octanol–water partition coefficient (Wildman–Crippen LogP) is 1.32. The standard InChI is InChI=1S/C14H21BO5/c1-9(2)14(3,4)20-15(18)11-8-10(13(17)19-5)6-7-12(11)16/h6-9,16,18H,1-5H3. The number of hydrogen-bond acceptors (Lipinski definition) is 5. The van der Waals surface area contributed by atoms with Crippen LogP contribution in [0.1, 0.15) is 38.1 Å². The number of rotatable bonds is 5. The molecule has 20 heavy (non-hydrogen) atoms. The van der Waals surface area contributed by atoms with Crippen molar-refractivity contribution in [1.29, 1.82) is 0 Å². The largest absolute Gasteiger partial charge is 0.508 e. The van der Waals surface area contributed by atoms with Crippen molar-refractivity contribution >= 4 is 18.6 Å². The number of hydrogen-bond donors (Lipinski definition) is 2. The molecular weight excluding hydrogens is 259 g/mol. The van der Waals surface area contributed by atoms with Crippen molar-refractivity contribution in [1.82, 2.24) is 0 Å². The number of ether oxygens (including phenoxy) is 1. The van der Waals surface area contributed by atoms with Gasteiger partial charge in [-0.2, -0.15) is 0 Å². The average Bonchev–Trinajstić information content (AvgIpc) is 2.37. The number of phenols is 1. The van der Waals surface area contributed by atoms with E-state index in [1.807, 2.05) is 27.7 Å². The smallest absolute Gasteiger partial charge is 0.495 e. The van der Waals surface area contributed by atoms with Crippen molar-refractivity contribution in [2.24, 2.45) is 5.92 Å². The molecule has 1 aromatic rings. The van der Waals surface area contributed by atoms with E-state index >= 15 is 0 Å². The molecule has 1 rings (SSSR count). The topological polar surface area (TPSA) is 76.0 Å². The summed E-state index contributed by atoms with van der Waals surface area (Å²) >= 11 is 0. The van der Waals surface area contributed by atoms with Gasteiger partial charge >= 0.3 is 13.1 Å². The van der Waals surface area contributed by atoms with E-state index in [-0.39, 0.29) is 22.7 Å². The van der Waals surface area contributed by atoms with Crippen LogP contribution in [0.5, 0.6) is 5.75 Å². The molecule has 0 fully saturated rings. The molecule has 6 heteroatoms. The van der Waals surface area contributed by atoms with E-state index in [1.54, 1.807) is 0 Å². The van der Waals surface area contributed by atoms with E-state index in [0.29, 0.717) is 0 Å². The second kappa shape index (κ2) is 6.28. The highest BCUT2D eigenvalue weighted by Crippen LogP contribution is 2.22. The first-order chi connectivity index (χ1) is 9.19. The molecule has 0 atom stereocenters. The van der Waals surface area contributed by atoms with Gasteiger partial charge in [0.05, 0.1) is 18.3 Å². The van der Waals surface area contributed by atoms with Crippen LogP contribution in [0, 0.1) is 5.92 Å². The summed E-state index contributed by atoms with van der Waals surface area (Å²) in [6.07, 6.45) is 0. The van der Waals surface area contributed by atoms with Gasteiger partial charge in [-0.25, -0.2) is 4.79 Å². The summed E-state index contributed by atoms with van der Waals surface area (Å²) in [6.45, 7) is 7.64. The summed E-state index contributed by atoms with van der Waals surface area (Å²) in [4.78, 5) is 11.5. The Bertz CT molecular complexity index is 484. The first-order valence-corrected chi connectivity index (χ1v) is 6.46. The second-order valence-electron chi connectivity index (χ2n) is 5.49. The molecule has 0 saturated heterocycles. The van der Waals surface area contributed by atoms with Crippen LogP contribution in [0.15, 0.2) is 18.2 Å². The third kappa shape index (κ3) is 3.74. The molecule has 0 spiro atoms. The lowest BCUT2D eigenvalue weighted by Gasteiger charge is -2.31. The van der Waals surface area contributed by atoms with Gasteiger partial charge < -0.3 is 19.5 Å². The van der Waals surface area contributed by atoms with Crippen LogP contribution < -0.4 is 5.46 Å². The molecule has 0 saturated carbocycles. The lowest BCUT2D eigenvalue weighted by atomic mass is 9.76. The van der Waals surface area contributed by atoms with Crippen molar-refractivity contribution < 1.29 is 24.3 Å². The maximum atomic E-state index is 11.5. The van der Waals surface area contributed by atoms with Gasteiger partial charge in [-0.05, 0) is 38.0 Å². The Labute approximate surface area is 119 Å². The zero-order chi connectivity index (χ0) is 15.5. The summed E-state index contributed by atoms with van der Waals surface area (Å²) in [5, 5.41) is 19.9. The number of benzene rings is 1. The van der Waals surface area contributed by atoms with E-state index in [9.17, 15) is 14.9 Å². The Balaban J connectivity index is 3.03. The fraction of sp³-hybridized carbons (Fsp3) is 0.500. The molecular formula is C14H21BO5. The highest BCUT2D eigenvalue weighted by Gasteiger charge is 2.32. The summed E-state index contributed by atoms with van der Waals surface area (Å²) < 4.78 is 10.2. The first kappa shape index (κ1) is 16.5. The minimum Gasteiger partial charge on any atom is -0.508 e. The minimum atomic E-state index is -1.32. The van der Waals surface area contributed by atoms with Gasteiger partial charge in [0.15, 0.2) is 0 Å². The van der Waals surface area contributed by atoms with Crippen molar-refractivity contribution in [3.63, 3.8) is 0 Å². The second-order valence-corrected chi connectivity index (χ2v) is 5.49. The number of carbonyl (C=O) groups is 1. The molecule has 0 amide bonds. The lowest BCUT2D eigenvalue weighted by Crippen LogP contribution is -2.44. The minimum absolute atomic E-state index is 0.135. The number of esters is 1. The first-order valence-electron chi connectivity index (χ1n) is 6.46. The zero-order valence-electron chi connectivity index (χ0n) is 12.5. The molecule has 1 aromatic carbocycles. The molecule has 0 aromatic heterocycles. The van der Waals surface area contributed by atoms with E-state index in [1.165, 1.54) is 25.3 Å². The van der Waals surface area contributed by atoms with E-state index in [2.05, 4.69) is 4.74 Å². The number of aromatic hydroxyl groups is 1. The van der Waals surface area contributed by atoms with Crippen LogP contribution >= 0.6 is 0 Å². The molecule has 0 aliphatic heterocycles. The third-order valence-corrected chi connectivity index (χ3v) is 3.52. The van der Waals surface area contributed by atoms with Crippen LogP contribution in [0.25, 0.3) is 0 Å². The number of carbonyl (C=O) groups excluding carboxylic acids is 1. The maximum absolute atomic E-state index is 11.5. The maximum Gasteiger partial charge on any atom is 0.495 e. The molecule has 5 nitrogen and oxygen atoms in total. The monoisotopic (exact) mass is 280 g/mol. The van der Waals surface area contributed by atoms with Gasteiger partial charge in [-0.15, -0.1) is 0 Å². The molecule has 0 bridgehead atoms. The van der Waals surface area contributed by atoms with E-state index < -0.39 is 18.7 Å². The number of methoxy groups -OCH3 is 1. The SMILES string of the molecule is COC(=O)c1ccc(O)c(B(O)OC(C)(C)C(C)C)c1. The Hall–Kier alpha value is -1.53. The Kier molecular flexibility index (Phi) is 5.19. The quantitative estimate of drug-likeness (QED) is 0.628. The predicted molar refractivity (Wildman–Crippen MR) is 77.1 cm³/mol. The van der Waals surface area contributed by atoms with Gasteiger partial charge in [0.1, 0.15) is 5.75 Å². The van der Waals surface area contributed by atoms with E-state index in [4.69, 9.17) is 4.65 Å². The fourth-order valence-corrected chi connectivity index (χ4v) is 1.48. The highest BCUT2D eigenvalue weighted by atomic mass is 16.5. The zero-order valence-corrected chi connectivity index (χ0v) is 12.5. The normalized spacial score (nSPS) is 11.6. The summed E-state index contributed by atoms with van der Waals surface area (Å²) in [7, 11) is -0.0547. The molecule has 0 unspecified atom stereocenters. The van der Waals surface area contributed by atoms with Crippen LogP contribution in [-0.4, -0.2) is 35.9 Å². The van der Waals surface area contributed by atoms with Crippen molar-refractivity contribution in [2.45, 2.75) is 33.3 Å². The lowest BCUT2D eigenvalue weighted by molar-refractivity contribution is 0.0422. The van der Waals surface area contributed by atoms with Gasteiger partial charge in [-0.3, -0.25) is 0 Å². The third-order valence-electron chi connectivity index (χ3n) is 3.52. The average molecular weight is 280 g/mol. The van der Waals surface area contributed by atoms with Crippen molar-refractivity contribution in [2.75, 3.05) is 7.11 Å². The molecule has 0 aliphatic carbocycles.